The summed E-state index contributed by atoms with van der Waals surface area (Å²) in [7, 11) is 0. The molecule has 2 aromatic rings. The Morgan fingerprint density at radius 3 is 2.72 bits per heavy atom. The summed E-state index contributed by atoms with van der Waals surface area (Å²) in [6, 6.07) is 4.08. The first kappa shape index (κ1) is 21.4. The van der Waals surface area contributed by atoms with E-state index in [0.29, 0.717) is 6.54 Å². The Balaban J connectivity index is 0.00000156. The minimum absolute atomic E-state index is 0. The molecule has 1 fully saturated rings. The third-order valence-corrected chi connectivity index (χ3v) is 4.43. The molecule has 3 N–H and O–H groups in total. The summed E-state index contributed by atoms with van der Waals surface area (Å²) < 4.78 is 1.92. The monoisotopic (exact) mass is 385 g/mol. The lowest BCUT2D eigenvalue weighted by atomic mass is 9.85. The average molecular weight is 386 g/mol. The SMILES string of the molecule is Cc1nccn1-c1ccc(CNC(=O)C2CCCC(N)C2)cn1.Cl.Cl. The predicted molar refractivity (Wildman–Crippen MR) is 102 cm³/mol. The number of imidazole rings is 1. The molecule has 2 aromatic heterocycles. The highest BCUT2D eigenvalue weighted by Crippen LogP contribution is 2.23. The van der Waals surface area contributed by atoms with Gasteiger partial charge in [-0.15, -0.1) is 24.8 Å². The van der Waals surface area contributed by atoms with Crippen LogP contribution in [0.15, 0.2) is 30.7 Å². The molecule has 2 heterocycles. The average Bonchev–Trinajstić information content (AvgIpc) is 2.99. The van der Waals surface area contributed by atoms with Crippen LogP contribution in [0.3, 0.4) is 0 Å². The Kier molecular flexibility index (Phi) is 8.35. The maximum Gasteiger partial charge on any atom is 0.223 e. The molecule has 2 atom stereocenters. The van der Waals surface area contributed by atoms with Crippen LogP contribution >= 0.6 is 24.8 Å². The molecular weight excluding hydrogens is 361 g/mol. The Labute approximate surface area is 160 Å². The fourth-order valence-electron chi connectivity index (χ4n) is 3.08. The number of pyridine rings is 1. The van der Waals surface area contributed by atoms with E-state index in [1.165, 1.54) is 0 Å². The van der Waals surface area contributed by atoms with Gasteiger partial charge in [-0.3, -0.25) is 9.36 Å². The van der Waals surface area contributed by atoms with Crippen LogP contribution in [0, 0.1) is 12.8 Å². The number of amides is 1. The topological polar surface area (TPSA) is 85.8 Å². The first-order valence-corrected chi connectivity index (χ1v) is 8.12. The fourth-order valence-corrected chi connectivity index (χ4v) is 3.08. The van der Waals surface area contributed by atoms with Gasteiger partial charge in [-0.25, -0.2) is 9.97 Å². The molecule has 25 heavy (non-hydrogen) atoms. The van der Waals surface area contributed by atoms with Gasteiger partial charge in [0.05, 0.1) is 0 Å². The molecule has 0 aromatic carbocycles. The molecule has 2 unspecified atom stereocenters. The largest absolute Gasteiger partial charge is 0.352 e. The second-order valence-electron chi connectivity index (χ2n) is 6.21. The predicted octanol–water partition coefficient (Wildman–Crippen LogP) is 2.55. The van der Waals surface area contributed by atoms with Gasteiger partial charge >= 0.3 is 0 Å². The zero-order valence-corrected chi connectivity index (χ0v) is 15.9. The van der Waals surface area contributed by atoms with E-state index in [2.05, 4.69) is 15.3 Å². The van der Waals surface area contributed by atoms with E-state index in [-0.39, 0.29) is 42.7 Å². The number of carbonyl (C=O) groups excluding carboxylic acids is 1. The smallest absolute Gasteiger partial charge is 0.223 e. The molecule has 8 heteroatoms. The molecule has 138 valence electrons. The lowest BCUT2D eigenvalue weighted by molar-refractivity contribution is -0.126. The quantitative estimate of drug-likeness (QED) is 0.846. The summed E-state index contributed by atoms with van der Waals surface area (Å²) in [4.78, 5) is 20.8. The van der Waals surface area contributed by atoms with Crippen molar-refractivity contribution in [3.8, 4) is 5.82 Å². The Morgan fingerprint density at radius 2 is 2.12 bits per heavy atom. The van der Waals surface area contributed by atoms with Gasteiger partial charge in [0.1, 0.15) is 11.6 Å². The third-order valence-electron chi connectivity index (χ3n) is 4.43. The normalized spacial score (nSPS) is 19.4. The van der Waals surface area contributed by atoms with Gasteiger partial charge in [-0.2, -0.15) is 0 Å². The first-order valence-electron chi connectivity index (χ1n) is 8.12. The lowest BCUT2D eigenvalue weighted by Crippen LogP contribution is -2.37. The van der Waals surface area contributed by atoms with Crippen molar-refractivity contribution in [2.45, 2.75) is 45.2 Å². The number of aromatic nitrogens is 3. The molecule has 1 amide bonds. The van der Waals surface area contributed by atoms with Crippen molar-refractivity contribution in [1.82, 2.24) is 19.9 Å². The number of rotatable bonds is 4. The van der Waals surface area contributed by atoms with E-state index in [1.54, 1.807) is 12.4 Å². The van der Waals surface area contributed by atoms with Gasteiger partial charge in [0.2, 0.25) is 5.91 Å². The van der Waals surface area contributed by atoms with E-state index >= 15 is 0 Å². The van der Waals surface area contributed by atoms with E-state index in [9.17, 15) is 4.79 Å². The van der Waals surface area contributed by atoms with Crippen LogP contribution in [0.25, 0.3) is 5.82 Å². The lowest BCUT2D eigenvalue weighted by Gasteiger charge is -2.25. The van der Waals surface area contributed by atoms with Crippen LogP contribution in [0.4, 0.5) is 0 Å². The van der Waals surface area contributed by atoms with Gasteiger partial charge in [0.25, 0.3) is 0 Å². The molecule has 0 bridgehead atoms. The standard InChI is InChI=1S/C17H23N5O.2ClH/c1-12-19-7-8-22(12)16-6-5-13(10-20-16)11-21-17(23)14-3-2-4-15(18)9-14;;/h5-8,10,14-15H,2-4,9,11,18H2,1H3,(H,21,23);2*1H. The van der Waals surface area contributed by atoms with Crippen molar-refractivity contribution < 1.29 is 4.79 Å². The number of aryl methyl sites for hydroxylation is 1. The van der Waals surface area contributed by atoms with Crippen molar-refractivity contribution in [3.05, 3.63) is 42.1 Å². The van der Waals surface area contributed by atoms with E-state index in [1.807, 2.05) is 29.8 Å². The van der Waals surface area contributed by atoms with Gasteiger partial charge in [-0.05, 0) is 37.8 Å². The summed E-state index contributed by atoms with van der Waals surface area (Å²) in [5, 5.41) is 3.00. The maximum absolute atomic E-state index is 12.2. The summed E-state index contributed by atoms with van der Waals surface area (Å²) in [5.74, 6) is 1.88. The van der Waals surface area contributed by atoms with Gasteiger partial charge in [0.15, 0.2) is 0 Å². The zero-order chi connectivity index (χ0) is 16.2. The minimum atomic E-state index is 0. The molecule has 3 rings (SSSR count). The molecule has 1 aliphatic rings. The number of hydrogen-bond donors (Lipinski definition) is 2. The number of carbonyl (C=O) groups is 1. The summed E-state index contributed by atoms with van der Waals surface area (Å²) >= 11 is 0. The van der Waals surface area contributed by atoms with Crippen molar-refractivity contribution in [1.29, 1.82) is 0 Å². The molecular formula is C17H25Cl2N5O. The highest BCUT2D eigenvalue weighted by molar-refractivity contribution is 5.85. The molecule has 1 saturated carbocycles. The van der Waals surface area contributed by atoms with Crippen LogP contribution in [-0.4, -0.2) is 26.5 Å². The Morgan fingerprint density at radius 1 is 1.32 bits per heavy atom. The number of halogens is 2. The minimum Gasteiger partial charge on any atom is -0.352 e. The number of nitrogens with zero attached hydrogens (tertiary/aromatic N) is 3. The number of nitrogens with one attached hydrogen (secondary N) is 1. The molecule has 0 radical (unpaired) electrons. The van der Waals surface area contributed by atoms with Crippen LogP contribution in [0.1, 0.15) is 37.1 Å². The second kappa shape index (κ2) is 9.75. The summed E-state index contributed by atoms with van der Waals surface area (Å²) in [6.45, 7) is 2.44. The highest BCUT2D eigenvalue weighted by atomic mass is 35.5. The Hall–Kier alpha value is -1.63. The number of nitrogens with two attached hydrogens (primary N) is 1. The molecule has 0 spiro atoms. The van der Waals surface area contributed by atoms with Crippen LogP contribution in [0.2, 0.25) is 0 Å². The third kappa shape index (κ3) is 5.42. The van der Waals surface area contributed by atoms with E-state index in [0.717, 1.165) is 42.9 Å². The summed E-state index contributed by atoms with van der Waals surface area (Å²) in [5.41, 5.74) is 6.93. The molecule has 6 nitrogen and oxygen atoms in total. The van der Waals surface area contributed by atoms with Crippen LogP contribution < -0.4 is 11.1 Å². The zero-order valence-electron chi connectivity index (χ0n) is 14.2. The Bertz CT molecular complexity index is 674. The highest BCUT2D eigenvalue weighted by Gasteiger charge is 2.24. The van der Waals surface area contributed by atoms with Gasteiger partial charge < -0.3 is 11.1 Å². The molecule has 0 aliphatic heterocycles. The van der Waals surface area contributed by atoms with Gasteiger partial charge in [-0.1, -0.05) is 12.5 Å². The number of hydrogen-bond acceptors (Lipinski definition) is 4. The second-order valence-corrected chi connectivity index (χ2v) is 6.21. The molecule has 1 aliphatic carbocycles. The van der Waals surface area contributed by atoms with Crippen LogP contribution in [-0.2, 0) is 11.3 Å². The maximum atomic E-state index is 12.2. The van der Waals surface area contributed by atoms with Crippen LogP contribution in [0.5, 0.6) is 0 Å². The van der Waals surface area contributed by atoms with Crippen molar-refractivity contribution in [2.75, 3.05) is 0 Å². The first-order chi connectivity index (χ1) is 11.1. The fraction of sp³-hybridized carbons (Fsp3) is 0.471. The summed E-state index contributed by atoms with van der Waals surface area (Å²) in [6.07, 6.45) is 9.23. The van der Waals surface area contributed by atoms with Gasteiger partial charge in [0, 0.05) is 37.1 Å². The van der Waals surface area contributed by atoms with Crippen molar-refractivity contribution >= 4 is 30.7 Å². The van der Waals surface area contributed by atoms with E-state index < -0.39 is 0 Å². The van der Waals surface area contributed by atoms with Crippen molar-refractivity contribution in [3.63, 3.8) is 0 Å². The molecule has 0 saturated heterocycles. The van der Waals surface area contributed by atoms with E-state index in [4.69, 9.17) is 5.73 Å². The van der Waals surface area contributed by atoms with Crippen molar-refractivity contribution in [2.24, 2.45) is 11.7 Å².